The predicted molar refractivity (Wildman–Crippen MR) is 104 cm³/mol. The lowest BCUT2D eigenvalue weighted by atomic mass is 10.2. The van der Waals surface area contributed by atoms with Crippen molar-refractivity contribution in [3.63, 3.8) is 0 Å². The van der Waals surface area contributed by atoms with E-state index in [1.807, 2.05) is 91.0 Å². The molecule has 3 rings (SSSR count). The average molecular weight is 346 g/mol. The molecule has 1 unspecified atom stereocenters. The van der Waals surface area contributed by atoms with E-state index in [2.05, 4.69) is 17.9 Å². The van der Waals surface area contributed by atoms with Crippen LogP contribution in [0.5, 0.6) is 0 Å². The zero-order chi connectivity index (χ0) is 16.6. The maximum Gasteiger partial charge on any atom is 0.0617 e. The molecular weight excluding hydrogens is 331 g/mol. The molecule has 0 spiro atoms. The SMILES string of the molecule is ClP(C(=[C]c1ccccc1)C#Cc1ccccc1)c1ccccc1. The molecule has 0 bridgehead atoms. The number of halogens is 1. The van der Waals surface area contributed by atoms with Gasteiger partial charge in [-0.1, -0.05) is 102 Å². The minimum Gasteiger partial charge on any atom is -0.0852 e. The first-order valence-corrected chi connectivity index (χ1v) is 9.84. The third kappa shape index (κ3) is 4.59. The van der Waals surface area contributed by atoms with E-state index >= 15 is 0 Å². The summed E-state index contributed by atoms with van der Waals surface area (Å²) in [6.45, 7) is 0. The highest BCUT2D eigenvalue weighted by molar-refractivity contribution is 7.93. The lowest BCUT2D eigenvalue weighted by Gasteiger charge is -2.09. The third-order valence-electron chi connectivity index (χ3n) is 3.31. The molecule has 3 aromatic rings. The van der Waals surface area contributed by atoms with Crippen molar-refractivity contribution in [1.82, 2.24) is 0 Å². The Hall–Kier alpha value is -2.32. The van der Waals surface area contributed by atoms with E-state index < -0.39 is 7.27 Å². The fraction of sp³-hybridized carbons (Fsp3) is 0. The summed E-state index contributed by atoms with van der Waals surface area (Å²) in [5.74, 6) is 6.43. The van der Waals surface area contributed by atoms with Crippen LogP contribution in [0, 0.1) is 17.9 Å². The second-order valence-electron chi connectivity index (χ2n) is 5.07. The molecule has 2 heteroatoms. The Bertz CT molecular complexity index is 859. The number of benzene rings is 3. The van der Waals surface area contributed by atoms with Crippen LogP contribution in [0.3, 0.4) is 0 Å². The highest BCUT2D eigenvalue weighted by Crippen LogP contribution is 2.48. The summed E-state index contributed by atoms with van der Waals surface area (Å²) in [6, 6.07) is 30.0. The minimum atomic E-state index is -1.05. The Morgan fingerprint density at radius 1 is 0.667 bits per heavy atom. The first-order valence-electron chi connectivity index (χ1n) is 7.60. The molecule has 0 aliphatic carbocycles. The fourth-order valence-electron chi connectivity index (χ4n) is 2.13. The van der Waals surface area contributed by atoms with Crippen molar-refractivity contribution >= 4 is 23.8 Å². The molecule has 1 atom stereocenters. The Morgan fingerprint density at radius 2 is 1.17 bits per heavy atom. The van der Waals surface area contributed by atoms with E-state index in [1.165, 1.54) is 0 Å². The van der Waals surface area contributed by atoms with Gasteiger partial charge < -0.3 is 0 Å². The maximum absolute atomic E-state index is 6.75. The van der Waals surface area contributed by atoms with Gasteiger partial charge in [-0.05, 0) is 23.0 Å². The van der Waals surface area contributed by atoms with Crippen LogP contribution in [0.15, 0.2) is 96.3 Å². The van der Waals surface area contributed by atoms with Gasteiger partial charge in [0.05, 0.1) is 12.6 Å². The van der Waals surface area contributed by atoms with Gasteiger partial charge in [-0.3, -0.25) is 0 Å². The monoisotopic (exact) mass is 345 g/mol. The third-order valence-corrected chi connectivity index (χ3v) is 5.78. The van der Waals surface area contributed by atoms with E-state index in [-0.39, 0.29) is 0 Å². The quantitative estimate of drug-likeness (QED) is 0.420. The van der Waals surface area contributed by atoms with Crippen molar-refractivity contribution in [3.05, 3.63) is 114 Å². The Labute approximate surface area is 149 Å². The number of allylic oxidation sites excluding steroid dienone is 1. The van der Waals surface area contributed by atoms with Crippen LogP contribution < -0.4 is 5.30 Å². The van der Waals surface area contributed by atoms with Gasteiger partial charge in [0, 0.05) is 11.6 Å². The lowest BCUT2D eigenvalue weighted by molar-refractivity contribution is 1.56. The minimum absolute atomic E-state index is 0.827. The molecule has 0 nitrogen and oxygen atoms in total. The second-order valence-corrected chi connectivity index (χ2v) is 7.61. The standard InChI is InChI=1S/C22H15ClP/c23-24(21-14-8-3-9-15-21)22(18-20-12-6-2-7-13-20)17-16-19-10-4-1-5-11-19/h1-15H. The molecule has 1 radical (unpaired) electrons. The highest BCUT2D eigenvalue weighted by atomic mass is 35.7. The van der Waals surface area contributed by atoms with Gasteiger partial charge in [-0.25, -0.2) is 0 Å². The van der Waals surface area contributed by atoms with E-state index in [0.29, 0.717) is 0 Å². The van der Waals surface area contributed by atoms with Crippen LogP contribution in [0.2, 0.25) is 0 Å². The van der Waals surface area contributed by atoms with Crippen LogP contribution in [-0.4, -0.2) is 0 Å². The largest absolute Gasteiger partial charge is 0.0852 e. The molecule has 0 N–H and O–H groups in total. The summed E-state index contributed by atoms with van der Waals surface area (Å²) in [6.07, 6.45) is 3.39. The number of hydrogen-bond acceptors (Lipinski definition) is 0. The summed E-state index contributed by atoms with van der Waals surface area (Å²) in [5.41, 5.74) is 1.96. The van der Waals surface area contributed by atoms with Crippen LogP contribution >= 0.6 is 18.5 Å². The predicted octanol–water partition coefficient (Wildman–Crippen LogP) is 5.73. The average Bonchev–Trinajstić information content (AvgIpc) is 2.67. The first-order chi connectivity index (χ1) is 11.8. The van der Waals surface area contributed by atoms with Crippen molar-refractivity contribution in [1.29, 1.82) is 0 Å². The number of rotatable bonds is 3. The smallest absolute Gasteiger partial charge is 0.0617 e. The zero-order valence-electron chi connectivity index (χ0n) is 13.0. The van der Waals surface area contributed by atoms with Gasteiger partial charge in [0.1, 0.15) is 0 Å². The van der Waals surface area contributed by atoms with Crippen molar-refractivity contribution in [3.8, 4) is 11.8 Å². The molecule has 3 aromatic carbocycles. The molecule has 0 aliphatic heterocycles. The van der Waals surface area contributed by atoms with Crippen molar-refractivity contribution in [2.45, 2.75) is 0 Å². The van der Waals surface area contributed by atoms with Crippen LogP contribution in [0.4, 0.5) is 0 Å². The lowest BCUT2D eigenvalue weighted by Crippen LogP contribution is -1.97. The molecule has 0 aromatic heterocycles. The topological polar surface area (TPSA) is 0 Å². The van der Waals surface area contributed by atoms with Gasteiger partial charge in [-0.15, -0.1) is 0 Å². The van der Waals surface area contributed by atoms with Gasteiger partial charge in [-0.2, -0.15) is 0 Å². The van der Waals surface area contributed by atoms with Crippen molar-refractivity contribution in [2.75, 3.05) is 0 Å². The van der Waals surface area contributed by atoms with Gasteiger partial charge in [0.25, 0.3) is 0 Å². The molecule has 115 valence electrons. The molecule has 0 amide bonds. The molecule has 0 saturated heterocycles. The summed E-state index contributed by atoms with van der Waals surface area (Å²) in [4.78, 5) is 0. The van der Waals surface area contributed by atoms with E-state index in [0.717, 1.165) is 21.7 Å². The summed E-state index contributed by atoms with van der Waals surface area (Å²) >= 11 is 6.75. The van der Waals surface area contributed by atoms with Gasteiger partial charge >= 0.3 is 0 Å². The molecule has 24 heavy (non-hydrogen) atoms. The molecule has 0 aliphatic rings. The molecule has 0 fully saturated rings. The summed E-state index contributed by atoms with van der Waals surface area (Å²) in [5, 5.41) is 1.91. The Morgan fingerprint density at radius 3 is 1.75 bits per heavy atom. The van der Waals surface area contributed by atoms with Crippen LogP contribution in [-0.2, 0) is 0 Å². The number of hydrogen-bond donors (Lipinski definition) is 0. The maximum atomic E-state index is 6.75. The van der Waals surface area contributed by atoms with Gasteiger partial charge in [0.15, 0.2) is 0 Å². The van der Waals surface area contributed by atoms with E-state index in [4.69, 9.17) is 11.2 Å². The zero-order valence-corrected chi connectivity index (χ0v) is 14.6. The molecule has 0 heterocycles. The van der Waals surface area contributed by atoms with E-state index in [9.17, 15) is 0 Å². The highest BCUT2D eigenvalue weighted by Gasteiger charge is 2.12. The first kappa shape index (κ1) is 16.5. The second kappa shape index (κ2) is 8.51. The van der Waals surface area contributed by atoms with E-state index in [1.54, 1.807) is 0 Å². The van der Waals surface area contributed by atoms with Crippen molar-refractivity contribution < 1.29 is 0 Å². The van der Waals surface area contributed by atoms with Crippen LogP contribution in [0.25, 0.3) is 0 Å². The Kier molecular flexibility index (Phi) is 5.86. The summed E-state index contributed by atoms with van der Waals surface area (Å²) < 4.78 is 0. The summed E-state index contributed by atoms with van der Waals surface area (Å²) in [7, 11) is -1.05. The van der Waals surface area contributed by atoms with Crippen LogP contribution in [0.1, 0.15) is 11.1 Å². The fourth-order valence-corrected chi connectivity index (χ4v) is 3.79. The Balaban J connectivity index is 1.98. The van der Waals surface area contributed by atoms with Gasteiger partial charge in [0.2, 0.25) is 0 Å². The normalized spacial score (nSPS) is 12.1. The molecular formula is C22H15ClP. The molecule has 0 saturated carbocycles. The van der Waals surface area contributed by atoms with Crippen molar-refractivity contribution in [2.24, 2.45) is 0 Å².